The van der Waals surface area contributed by atoms with Crippen LogP contribution in [0.25, 0.3) is 11.6 Å². The zero-order chi connectivity index (χ0) is 43.8. The topological polar surface area (TPSA) is 139 Å². The Morgan fingerprint density at radius 3 is 2.24 bits per heavy atom. The minimum atomic E-state index is -3.02. The van der Waals surface area contributed by atoms with Gasteiger partial charge in [0.2, 0.25) is 11.8 Å². The number of rotatable bonds is 13. The summed E-state index contributed by atoms with van der Waals surface area (Å²) in [5, 5.41) is 32.5. The van der Waals surface area contributed by atoms with Crippen LogP contribution in [0, 0.1) is 21.3 Å². The molecule has 4 aromatic carbocycles. The van der Waals surface area contributed by atoms with Gasteiger partial charge in [-0.25, -0.2) is 0 Å². The summed E-state index contributed by atoms with van der Waals surface area (Å²) in [6.07, 6.45) is 4.93. The number of fused-ring (bicyclic) bond motifs is 3. The van der Waals surface area contributed by atoms with Gasteiger partial charge in [-0.15, -0.1) is 0 Å². The van der Waals surface area contributed by atoms with Crippen molar-refractivity contribution in [2.45, 2.75) is 51.2 Å². The Hall–Kier alpha value is -4.90. The number of methoxy groups -OCH3 is 1. The average molecular weight is 961 g/mol. The van der Waals surface area contributed by atoms with Crippen LogP contribution in [0.1, 0.15) is 51.3 Å². The highest BCUT2D eigenvalue weighted by molar-refractivity contribution is 14.1. The molecule has 0 saturated carbocycles. The summed E-state index contributed by atoms with van der Waals surface area (Å²) in [7, 11) is -3.24. The maximum atomic E-state index is 14.6. The molecule has 3 heterocycles. The average Bonchev–Trinajstić information content (AvgIpc) is 3.81. The van der Waals surface area contributed by atoms with Gasteiger partial charge in [-0.05, 0) is 127 Å². The Morgan fingerprint density at radius 2 is 1.61 bits per heavy atom. The number of nitrogens with zero attached hydrogens (tertiary/aromatic N) is 2. The molecule has 2 fully saturated rings. The number of hydrogen-bond acceptors (Lipinski definition) is 9. The Kier molecular flexibility index (Phi) is 12.7. The largest absolute Gasteiger partial charge is 0.504 e. The third kappa shape index (κ3) is 8.22. The number of hydrogen-bond donors (Lipinski definition) is 3. The molecule has 8 rings (SSSR count). The van der Waals surface area contributed by atoms with Crippen LogP contribution in [-0.2, 0) is 18.8 Å². The first-order chi connectivity index (χ1) is 29.8. The summed E-state index contributed by atoms with van der Waals surface area (Å²) in [5.74, 6) is -1.82. The van der Waals surface area contributed by atoms with Crippen LogP contribution in [0.4, 0.5) is 5.69 Å². The Bertz CT molecular complexity index is 2470. The lowest BCUT2D eigenvalue weighted by Gasteiger charge is -2.44. The number of halogens is 1. The normalized spacial score (nSPS) is 20.4. The summed E-state index contributed by atoms with van der Waals surface area (Å²) >= 11 is 2.10. The van der Waals surface area contributed by atoms with Gasteiger partial charge in [-0.2, -0.15) is 0 Å². The van der Waals surface area contributed by atoms with E-state index in [4.69, 9.17) is 18.9 Å². The van der Waals surface area contributed by atoms with Crippen LogP contribution in [0.15, 0.2) is 133 Å². The lowest BCUT2D eigenvalue weighted by atomic mass is 9.69. The van der Waals surface area contributed by atoms with E-state index in [9.17, 15) is 24.7 Å². The number of aromatic nitrogens is 1. The molecule has 2 saturated heterocycles. The van der Waals surface area contributed by atoms with Gasteiger partial charge in [0, 0.05) is 12.1 Å². The first-order valence-corrected chi connectivity index (χ1v) is 23.9. The van der Waals surface area contributed by atoms with Gasteiger partial charge in [-0.3, -0.25) is 19.5 Å². The first-order valence-electron chi connectivity index (χ1n) is 20.9. The molecule has 2 aliphatic heterocycles. The third-order valence-electron chi connectivity index (χ3n) is 12.6. The predicted octanol–water partition coefficient (Wildman–Crippen LogP) is 6.50. The summed E-state index contributed by atoms with van der Waals surface area (Å²) in [6.45, 7) is 7.24. The molecule has 5 aromatic rings. The fourth-order valence-corrected chi connectivity index (χ4v) is 15.0. The monoisotopic (exact) mass is 960 g/mol. The second kappa shape index (κ2) is 18.1. The smallest absolute Gasteiger partial charge is 0.488 e. The number of imide groups is 1. The molecule has 1 aromatic heterocycles. The van der Waals surface area contributed by atoms with Gasteiger partial charge in [-0.1, -0.05) is 99.6 Å². The summed E-state index contributed by atoms with van der Waals surface area (Å²) in [5.41, 5.74) is 5.13. The van der Waals surface area contributed by atoms with Crippen LogP contribution in [0.3, 0.4) is 0 Å². The summed E-state index contributed by atoms with van der Waals surface area (Å²) < 4.78 is 20.4. The van der Waals surface area contributed by atoms with Gasteiger partial charge in [0.25, 0.3) is 8.32 Å². The van der Waals surface area contributed by atoms with E-state index in [2.05, 4.69) is 98.0 Å². The van der Waals surface area contributed by atoms with Crippen LogP contribution in [-0.4, -0.2) is 73.8 Å². The number of ether oxygens (including phenoxy) is 2. The van der Waals surface area contributed by atoms with E-state index in [1.165, 1.54) is 18.1 Å². The van der Waals surface area contributed by atoms with Gasteiger partial charge in [0.15, 0.2) is 11.5 Å². The number of phenols is 1. The molecule has 1 aliphatic carbocycles. The van der Waals surface area contributed by atoms with Crippen molar-refractivity contribution in [2.24, 2.45) is 17.8 Å². The van der Waals surface area contributed by atoms with Gasteiger partial charge >= 0.3 is 7.12 Å². The first kappa shape index (κ1) is 43.7. The van der Waals surface area contributed by atoms with Crippen LogP contribution in [0.2, 0.25) is 5.04 Å². The minimum absolute atomic E-state index is 0.0857. The van der Waals surface area contributed by atoms with Crippen LogP contribution in [0.5, 0.6) is 11.5 Å². The lowest BCUT2D eigenvalue weighted by molar-refractivity contribution is -0.122. The predicted molar refractivity (Wildman–Crippen MR) is 253 cm³/mol. The Balaban J connectivity index is 1.20. The number of aromatic hydroxyl groups is 1. The van der Waals surface area contributed by atoms with Gasteiger partial charge < -0.3 is 29.1 Å². The maximum absolute atomic E-state index is 14.6. The Morgan fingerprint density at radius 1 is 0.919 bits per heavy atom. The molecule has 2 amide bonds. The molecule has 13 heteroatoms. The van der Waals surface area contributed by atoms with Gasteiger partial charge in [0.05, 0.1) is 53.2 Å². The number of carbonyl (C=O) groups is 2. The highest BCUT2D eigenvalue weighted by Crippen LogP contribution is 2.51. The molecule has 4 atom stereocenters. The molecule has 0 radical (unpaired) electrons. The third-order valence-corrected chi connectivity index (χ3v) is 18.4. The van der Waals surface area contributed by atoms with E-state index >= 15 is 0 Å². The van der Waals surface area contributed by atoms with Crippen LogP contribution < -0.4 is 25.5 Å². The number of amides is 2. The fourth-order valence-electron chi connectivity index (χ4n) is 9.79. The van der Waals surface area contributed by atoms with Crippen molar-refractivity contribution >= 4 is 83.0 Å². The molecular weight excluding hydrogens is 910 g/mol. The number of phenolic OH excluding ortho intramolecular Hbond substituents is 1. The Labute approximate surface area is 377 Å². The van der Waals surface area contributed by atoms with E-state index in [-0.39, 0.29) is 53.3 Å². The van der Waals surface area contributed by atoms with Crippen molar-refractivity contribution < 1.29 is 38.6 Å². The fraction of sp³-hybridized carbons (Fsp3) is 0.286. The van der Waals surface area contributed by atoms with Crippen molar-refractivity contribution in [1.29, 1.82) is 0 Å². The van der Waals surface area contributed by atoms with E-state index in [1.807, 2.05) is 36.4 Å². The number of carbonyl (C=O) groups excluding carboxylic acids is 2. The molecule has 0 unspecified atom stereocenters. The molecule has 3 aliphatic rings. The lowest BCUT2D eigenvalue weighted by Crippen LogP contribution is -2.66. The second-order valence-electron chi connectivity index (χ2n) is 17.2. The molecule has 0 spiro atoms. The van der Waals surface area contributed by atoms with Crippen LogP contribution >= 0.6 is 22.6 Å². The van der Waals surface area contributed by atoms with E-state index in [0.29, 0.717) is 34.3 Å². The molecule has 62 heavy (non-hydrogen) atoms. The number of pyridine rings is 1. The van der Waals surface area contributed by atoms with Crippen molar-refractivity contribution in [3.8, 4) is 11.5 Å². The zero-order valence-corrected chi connectivity index (χ0v) is 38.4. The minimum Gasteiger partial charge on any atom is -0.504 e. The molecule has 3 N–H and O–H groups in total. The highest BCUT2D eigenvalue weighted by Gasteiger charge is 2.58. The maximum Gasteiger partial charge on any atom is 0.488 e. The molecule has 318 valence electrons. The standard InChI is InChI=1S/C49H50BIN2O8Si/c1-49(2,3)62(36-16-7-5-8-17-36,37-18-9-6-10-19-37)61-29-33-27-38-45(48(56)53(47(38)55)35-15-13-14-34(28-35)50(57)58)39-30-60-42(44(33)39)22-21-32(41-20-11-12-23-52-41)24-31-25-40(51)46(54)43(26-31)59-4/h5-20,23-26,28,38-39,42,45,54,57-58H,21-22,27,29-30H2,1-4H3/b32-24-/t38-,39+,42-,45-/m1/s1. The zero-order valence-electron chi connectivity index (χ0n) is 35.2. The van der Waals surface area contributed by atoms with Crippen molar-refractivity contribution in [2.75, 3.05) is 25.2 Å². The quantitative estimate of drug-likeness (QED) is 0.0523. The van der Waals surface area contributed by atoms with Crippen molar-refractivity contribution in [3.63, 3.8) is 0 Å². The van der Waals surface area contributed by atoms with Gasteiger partial charge in [0.1, 0.15) is 0 Å². The molecule has 10 nitrogen and oxygen atoms in total. The number of anilines is 1. The summed E-state index contributed by atoms with van der Waals surface area (Å²) in [4.78, 5) is 35.1. The molecular formula is C49H50BIN2O8Si. The van der Waals surface area contributed by atoms with E-state index in [0.717, 1.165) is 38.4 Å². The van der Waals surface area contributed by atoms with E-state index in [1.54, 1.807) is 30.5 Å². The van der Waals surface area contributed by atoms with E-state index < -0.39 is 27.3 Å². The number of allylic oxidation sites excluding steroid dienone is 1. The highest BCUT2D eigenvalue weighted by atomic mass is 127. The van der Waals surface area contributed by atoms with Crippen molar-refractivity contribution in [3.05, 3.63) is 147 Å². The number of benzene rings is 4. The SMILES string of the molecule is COc1cc(/C=C(/CC[C@H]2OC[C@H]3C2=C(CO[Si](c2ccccc2)(c2ccccc2)C(C)(C)C)C[C@H]2C(=O)N(c4cccc(B(O)O)c4)C(=O)[C@H]23)c2ccccn2)cc(I)c1O. The second-order valence-corrected chi connectivity index (χ2v) is 22.7. The summed E-state index contributed by atoms with van der Waals surface area (Å²) in [6, 6.07) is 36.7. The molecule has 0 bridgehead atoms. The van der Waals surface area contributed by atoms with Crippen molar-refractivity contribution in [1.82, 2.24) is 4.98 Å².